The van der Waals surface area contributed by atoms with Gasteiger partial charge in [0.1, 0.15) is 23.3 Å². The zero-order valence-corrected chi connectivity index (χ0v) is 28.2. The lowest BCUT2D eigenvalue weighted by Gasteiger charge is -2.16. The molecule has 3 aromatic carbocycles. The van der Waals surface area contributed by atoms with E-state index in [1.807, 2.05) is 49.3 Å². The number of anilines is 1. The highest BCUT2D eigenvalue weighted by molar-refractivity contribution is 7.85. The van der Waals surface area contributed by atoms with Crippen molar-refractivity contribution in [2.45, 2.75) is 56.3 Å². The number of benzene rings is 3. The van der Waals surface area contributed by atoms with Gasteiger partial charge in [0.25, 0.3) is 10.1 Å². The number of nitrogens with zero attached hydrogens (tertiary/aromatic N) is 4. The summed E-state index contributed by atoms with van der Waals surface area (Å²) in [6, 6.07) is 15.8. The van der Waals surface area contributed by atoms with Gasteiger partial charge in [-0.05, 0) is 75.1 Å². The number of carbonyl (C=O) groups excluding carboxylic acids is 1. The number of fused-ring (bicyclic) bond motifs is 2. The molecule has 1 amide bonds. The summed E-state index contributed by atoms with van der Waals surface area (Å²) in [7, 11) is -0.413. The Morgan fingerprint density at radius 3 is 2.46 bits per heavy atom. The maximum Gasteiger partial charge on any atom is 0.294 e. The molecule has 242 valence electrons. The number of hydrogen-bond acceptors (Lipinski definition) is 8. The summed E-state index contributed by atoms with van der Waals surface area (Å²) in [5, 5.41) is 12.4. The summed E-state index contributed by atoms with van der Waals surface area (Å²) < 4.78 is 45.1. The van der Waals surface area contributed by atoms with E-state index in [1.54, 1.807) is 24.3 Å². The molecular formula is C34H40N5O5S2+. The Morgan fingerprint density at radius 1 is 1.00 bits per heavy atom. The molecule has 0 saturated heterocycles. The highest BCUT2D eigenvalue weighted by atomic mass is 32.2. The van der Waals surface area contributed by atoms with Gasteiger partial charge in [-0.25, -0.2) is 0 Å². The molecule has 0 aliphatic carbocycles. The minimum absolute atomic E-state index is 0.0162. The van der Waals surface area contributed by atoms with Crippen LogP contribution in [0.2, 0.25) is 0 Å². The molecule has 0 saturated carbocycles. The zero-order chi connectivity index (χ0) is 33.1. The van der Waals surface area contributed by atoms with Crippen molar-refractivity contribution in [1.29, 1.82) is 0 Å². The van der Waals surface area contributed by atoms with Crippen molar-refractivity contribution in [3.63, 3.8) is 0 Å². The van der Waals surface area contributed by atoms with Crippen molar-refractivity contribution in [3.8, 4) is 5.75 Å². The van der Waals surface area contributed by atoms with Gasteiger partial charge in [0, 0.05) is 56.8 Å². The largest absolute Gasteiger partial charge is 0.508 e. The molecule has 0 atom stereocenters. The quantitative estimate of drug-likeness (QED) is 0.0940. The molecule has 5 rings (SSSR count). The molecule has 1 aromatic heterocycles. The predicted molar refractivity (Wildman–Crippen MR) is 183 cm³/mol. The van der Waals surface area contributed by atoms with Crippen LogP contribution in [-0.2, 0) is 26.7 Å². The van der Waals surface area contributed by atoms with E-state index in [0.29, 0.717) is 25.9 Å². The standard InChI is InChI=1S/C34H39N5O5S2/c1-34(2)27-22-26(46(42,43)44)15-17-28(27)39(21-7-5-6-8-31(41)35-20-19-23-9-13-25(40)14-10-23)30(34)18-12-24-11-16-29(38(3)4)33-32(24)36-45-37-33/h9-18,22H,5-8,19-21H2,1-4H3,(H2-,35,40,41,42,43,44)/p+1. The van der Waals surface area contributed by atoms with Crippen LogP contribution < -0.4 is 10.2 Å². The number of phenols is 1. The van der Waals surface area contributed by atoms with Gasteiger partial charge in [0.15, 0.2) is 5.71 Å². The normalized spacial score (nSPS) is 14.3. The molecule has 1 aliphatic heterocycles. The van der Waals surface area contributed by atoms with E-state index in [0.717, 1.165) is 64.1 Å². The Bertz CT molecular complexity index is 1910. The Morgan fingerprint density at radius 2 is 1.74 bits per heavy atom. The van der Waals surface area contributed by atoms with Crippen LogP contribution in [0.15, 0.2) is 65.6 Å². The molecule has 12 heteroatoms. The minimum Gasteiger partial charge on any atom is -0.508 e. The fraction of sp³-hybridized carbons (Fsp3) is 0.353. The topological polar surface area (TPSA) is 136 Å². The van der Waals surface area contributed by atoms with Gasteiger partial charge >= 0.3 is 0 Å². The third kappa shape index (κ3) is 7.30. The van der Waals surface area contributed by atoms with E-state index in [9.17, 15) is 22.9 Å². The predicted octanol–water partition coefficient (Wildman–Crippen LogP) is 5.72. The lowest BCUT2D eigenvalue weighted by atomic mass is 9.81. The lowest BCUT2D eigenvalue weighted by Crippen LogP contribution is -2.28. The molecule has 2 heterocycles. The van der Waals surface area contributed by atoms with Crippen LogP contribution in [0.1, 0.15) is 56.2 Å². The second-order valence-corrected chi connectivity index (χ2v) is 14.2. The van der Waals surface area contributed by atoms with Crippen LogP contribution in [0.3, 0.4) is 0 Å². The van der Waals surface area contributed by atoms with Crippen molar-refractivity contribution < 1.29 is 27.4 Å². The number of hydrogen-bond donors (Lipinski definition) is 3. The first-order valence-corrected chi connectivity index (χ1v) is 17.5. The van der Waals surface area contributed by atoms with Gasteiger partial charge in [-0.2, -0.15) is 21.7 Å². The number of carbonyl (C=O) groups is 1. The Labute approximate surface area is 274 Å². The monoisotopic (exact) mass is 662 g/mol. The molecule has 0 unspecified atom stereocenters. The van der Waals surface area contributed by atoms with Crippen LogP contribution in [0.5, 0.6) is 5.75 Å². The first-order chi connectivity index (χ1) is 21.9. The van der Waals surface area contributed by atoms with Crippen molar-refractivity contribution >= 4 is 61.9 Å². The average Bonchev–Trinajstić information content (AvgIpc) is 3.57. The second-order valence-electron chi connectivity index (χ2n) is 12.3. The van der Waals surface area contributed by atoms with Gasteiger partial charge in [-0.15, -0.1) is 0 Å². The molecule has 1 aliphatic rings. The van der Waals surface area contributed by atoms with E-state index in [-0.39, 0.29) is 16.6 Å². The number of nitrogens with one attached hydrogen (secondary N) is 1. The molecule has 10 nitrogen and oxygen atoms in total. The van der Waals surface area contributed by atoms with Gasteiger partial charge < -0.3 is 15.3 Å². The van der Waals surface area contributed by atoms with Crippen LogP contribution in [-0.4, -0.2) is 70.2 Å². The zero-order valence-electron chi connectivity index (χ0n) is 26.5. The summed E-state index contributed by atoms with van der Waals surface area (Å²) in [5.74, 6) is 0.240. The third-order valence-electron chi connectivity index (χ3n) is 8.45. The molecule has 0 radical (unpaired) electrons. The molecule has 46 heavy (non-hydrogen) atoms. The van der Waals surface area contributed by atoms with E-state index < -0.39 is 15.5 Å². The van der Waals surface area contributed by atoms with Crippen LogP contribution in [0.4, 0.5) is 11.4 Å². The van der Waals surface area contributed by atoms with E-state index in [4.69, 9.17) is 0 Å². The van der Waals surface area contributed by atoms with Crippen LogP contribution in [0.25, 0.3) is 17.1 Å². The molecule has 0 spiro atoms. The number of amides is 1. The Kier molecular flexibility index (Phi) is 9.90. The molecule has 4 aromatic rings. The maximum atomic E-state index is 12.4. The van der Waals surface area contributed by atoms with Gasteiger partial charge in [-0.1, -0.05) is 18.2 Å². The van der Waals surface area contributed by atoms with Crippen molar-refractivity contribution in [2.75, 3.05) is 32.1 Å². The summed E-state index contributed by atoms with van der Waals surface area (Å²) >= 11 is 1.18. The van der Waals surface area contributed by atoms with E-state index in [1.165, 1.54) is 17.8 Å². The van der Waals surface area contributed by atoms with Crippen molar-refractivity contribution in [3.05, 3.63) is 77.4 Å². The third-order valence-corrected chi connectivity index (χ3v) is 9.82. The van der Waals surface area contributed by atoms with Crippen molar-refractivity contribution in [2.24, 2.45) is 0 Å². The Balaban J connectivity index is 1.30. The van der Waals surface area contributed by atoms with Gasteiger partial charge in [-0.3, -0.25) is 9.35 Å². The maximum absolute atomic E-state index is 12.4. The SMILES string of the molecule is CN(C)c1ccc(/C=C/C2=[N+](CCCCCC(=O)NCCc3ccc(O)cc3)c3ccc(S(=O)(=O)O)cc3C2(C)C)c2nsnc12. The number of allylic oxidation sites excluding steroid dienone is 1. The first kappa shape index (κ1) is 33.2. The summed E-state index contributed by atoms with van der Waals surface area (Å²) in [4.78, 5) is 14.3. The number of rotatable bonds is 13. The summed E-state index contributed by atoms with van der Waals surface area (Å²) in [6.07, 6.45) is 7.65. The number of aromatic hydroxyl groups is 1. The first-order valence-electron chi connectivity index (χ1n) is 15.3. The number of unbranched alkanes of at least 4 members (excludes halogenated alkanes) is 2. The number of phenolic OH excluding ortho intramolecular Hbond substituents is 1. The molecule has 0 fully saturated rings. The highest BCUT2D eigenvalue weighted by Gasteiger charge is 2.44. The highest BCUT2D eigenvalue weighted by Crippen LogP contribution is 2.41. The van der Waals surface area contributed by atoms with E-state index in [2.05, 4.69) is 38.6 Å². The molecule has 0 bridgehead atoms. The fourth-order valence-corrected chi connectivity index (χ4v) is 7.00. The smallest absolute Gasteiger partial charge is 0.294 e. The van der Waals surface area contributed by atoms with Gasteiger partial charge in [0.05, 0.1) is 27.7 Å². The lowest BCUT2D eigenvalue weighted by molar-refractivity contribution is -0.438. The second kappa shape index (κ2) is 13.7. The summed E-state index contributed by atoms with van der Waals surface area (Å²) in [6.45, 7) is 5.32. The number of aromatic nitrogens is 2. The van der Waals surface area contributed by atoms with Gasteiger partial charge in [0.2, 0.25) is 11.6 Å². The molecule has 3 N–H and O–H groups in total. The van der Waals surface area contributed by atoms with Crippen LogP contribution >= 0.6 is 11.7 Å². The summed E-state index contributed by atoms with van der Waals surface area (Å²) in [5.41, 5.74) is 6.80. The minimum atomic E-state index is -4.36. The fourth-order valence-electron chi connectivity index (χ4n) is 5.92. The van der Waals surface area contributed by atoms with E-state index >= 15 is 0 Å². The van der Waals surface area contributed by atoms with Crippen molar-refractivity contribution in [1.82, 2.24) is 14.1 Å². The van der Waals surface area contributed by atoms with Crippen LogP contribution in [0, 0.1) is 0 Å². The molecular weight excluding hydrogens is 623 g/mol. The Hall–Kier alpha value is -4.13. The average molecular weight is 663 g/mol.